The number of aliphatic hydroxyl groups excluding tert-OH is 1. The molecule has 1 aliphatic carbocycles. The highest BCUT2D eigenvalue weighted by atomic mass is 16.5. The fraction of sp³-hybridized carbons (Fsp3) is 0.909. The molecule has 2 aliphatic rings. The molecule has 0 amide bonds. The summed E-state index contributed by atoms with van der Waals surface area (Å²) in [6.45, 7) is 2.30. The van der Waals surface area contributed by atoms with Crippen molar-refractivity contribution in [2.75, 3.05) is 26.4 Å². The van der Waals surface area contributed by atoms with Crippen molar-refractivity contribution in [2.45, 2.75) is 37.8 Å². The summed E-state index contributed by atoms with van der Waals surface area (Å²) >= 11 is 0. The van der Waals surface area contributed by atoms with E-state index in [2.05, 4.69) is 4.90 Å². The van der Waals surface area contributed by atoms with E-state index in [1.807, 2.05) is 0 Å². The predicted molar refractivity (Wildman–Crippen MR) is 55.7 cm³/mol. The summed E-state index contributed by atoms with van der Waals surface area (Å²) in [5, 5.41) is 9.25. The summed E-state index contributed by atoms with van der Waals surface area (Å²) in [7, 11) is 0. The summed E-state index contributed by atoms with van der Waals surface area (Å²) in [6, 6.07) is 0.432. The second kappa shape index (κ2) is 5.05. The number of carbonyl (C=O) groups excluding carboxylic acids is 1. The Bertz CT molecular complexity index is 232. The number of morpholine rings is 1. The monoisotopic (exact) mass is 213 g/mol. The third-order valence-electron chi connectivity index (χ3n) is 3.41. The van der Waals surface area contributed by atoms with Crippen LogP contribution in [-0.4, -0.2) is 54.2 Å². The third kappa shape index (κ3) is 2.56. The lowest BCUT2D eigenvalue weighted by Gasteiger charge is -2.41. The van der Waals surface area contributed by atoms with Gasteiger partial charge in [-0.15, -0.1) is 0 Å². The smallest absolute Gasteiger partial charge is 0.134 e. The zero-order valence-electron chi connectivity index (χ0n) is 9.02. The molecule has 2 fully saturated rings. The molecule has 1 N–H and O–H groups in total. The molecule has 86 valence electrons. The Kier molecular flexibility index (Phi) is 3.72. The molecule has 1 heterocycles. The maximum Gasteiger partial charge on any atom is 0.134 e. The van der Waals surface area contributed by atoms with E-state index in [9.17, 15) is 9.90 Å². The van der Waals surface area contributed by atoms with Crippen LogP contribution in [-0.2, 0) is 9.53 Å². The maximum absolute atomic E-state index is 11.4. The average Bonchev–Trinajstić information content (AvgIpc) is 2.29. The van der Waals surface area contributed by atoms with E-state index in [4.69, 9.17) is 4.74 Å². The topological polar surface area (TPSA) is 49.8 Å². The van der Waals surface area contributed by atoms with Gasteiger partial charge in [0.15, 0.2) is 0 Å². The van der Waals surface area contributed by atoms with Crippen LogP contribution in [0.5, 0.6) is 0 Å². The normalized spacial score (nSPS) is 34.3. The number of hydrogen-bond donors (Lipinski definition) is 1. The third-order valence-corrected chi connectivity index (χ3v) is 3.41. The van der Waals surface area contributed by atoms with E-state index in [0.29, 0.717) is 24.9 Å². The summed E-state index contributed by atoms with van der Waals surface area (Å²) in [5.41, 5.74) is 0. The van der Waals surface area contributed by atoms with Gasteiger partial charge >= 0.3 is 0 Å². The summed E-state index contributed by atoms with van der Waals surface area (Å²) in [5.74, 6) is 0.370. The van der Waals surface area contributed by atoms with Crippen LogP contribution in [0.3, 0.4) is 0 Å². The Balaban J connectivity index is 1.97. The van der Waals surface area contributed by atoms with Crippen LogP contribution >= 0.6 is 0 Å². The highest BCUT2D eigenvalue weighted by Crippen LogP contribution is 2.23. The van der Waals surface area contributed by atoms with Crippen molar-refractivity contribution >= 4 is 5.78 Å². The molecular formula is C11H19NO3. The second-order valence-corrected chi connectivity index (χ2v) is 4.44. The van der Waals surface area contributed by atoms with Gasteiger partial charge in [-0.2, -0.15) is 0 Å². The SMILES string of the molecule is O=C1CCCC(N2CCOCC2CO)C1. The Morgan fingerprint density at radius 2 is 2.40 bits per heavy atom. The summed E-state index contributed by atoms with van der Waals surface area (Å²) in [4.78, 5) is 13.7. The van der Waals surface area contributed by atoms with Gasteiger partial charge in [0.1, 0.15) is 5.78 Å². The summed E-state index contributed by atoms with van der Waals surface area (Å²) in [6.07, 6.45) is 3.49. The fourth-order valence-corrected chi connectivity index (χ4v) is 2.59. The molecule has 0 aromatic heterocycles. The van der Waals surface area contributed by atoms with E-state index in [-0.39, 0.29) is 12.6 Å². The number of hydrogen-bond acceptors (Lipinski definition) is 4. The maximum atomic E-state index is 11.4. The van der Waals surface area contributed by atoms with Gasteiger partial charge in [-0.05, 0) is 12.8 Å². The van der Waals surface area contributed by atoms with Gasteiger partial charge in [0.2, 0.25) is 0 Å². The van der Waals surface area contributed by atoms with Gasteiger partial charge in [0.05, 0.1) is 25.9 Å². The number of rotatable bonds is 2. The average molecular weight is 213 g/mol. The van der Waals surface area contributed by atoms with E-state index >= 15 is 0 Å². The molecule has 0 spiro atoms. The number of carbonyl (C=O) groups is 1. The number of nitrogens with zero attached hydrogens (tertiary/aromatic N) is 1. The van der Waals surface area contributed by atoms with Crippen LogP contribution in [0, 0.1) is 0 Å². The van der Waals surface area contributed by atoms with E-state index in [1.165, 1.54) is 0 Å². The van der Waals surface area contributed by atoms with Crippen LogP contribution in [0.1, 0.15) is 25.7 Å². The molecule has 2 rings (SSSR count). The molecule has 0 bridgehead atoms. The standard InChI is InChI=1S/C11H19NO3/c13-7-10-8-15-5-4-12(10)9-2-1-3-11(14)6-9/h9-10,13H,1-8H2. The van der Waals surface area contributed by atoms with Gasteiger partial charge in [-0.3, -0.25) is 9.69 Å². The van der Waals surface area contributed by atoms with E-state index < -0.39 is 0 Å². The van der Waals surface area contributed by atoms with Crippen molar-refractivity contribution in [3.05, 3.63) is 0 Å². The van der Waals surface area contributed by atoms with Crippen molar-refractivity contribution in [2.24, 2.45) is 0 Å². The Hall–Kier alpha value is -0.450. The number of ketones is 1. The molecule has 1 aliphatic heterocycles. The highest BCUT2D eigenvalue weighted by molar-refractivity contribution is 5.79. The molecule has 1 saturated heterocycles. The molecule has 2 atom stereocenters. The van der Waals surface area contributed by atoms with Gasteiger partial charge in [-0.25, -0.2) is 0 Å². The molecule has 4 heteroatoms. The minimum atomic E-state index is 0.0923. The Morgan fingerprint density at radius 1 is 1.53 bits per heavy atom. The first-order valence-electron chi connectivity index (χ1n) is 5.77. The minimum absolute atomic E-state index is 0.0923. The quantitative estimate of drug-likeness (QED) is 0.711. The molecule has 4 nitrogen and oxygen atoms in total. The van der Waals surface area contributed by atoms with Crippen LogP contribution in [0.25, 0.3) is 0 Å². The van der Waals surface area contributed by atoms with Crippen LogP contribution in [0.4, 0.5) is 0 Å². The fourth-order valence-electron chi connectivity index (χ4n) is 2.59. The molecule has 2 unspecified atom stereocenters. The van der Waals surface area contributed by atoms with Crippen LogP contribution in [0.2, 0.25) is 0 Å². The van der Waals surface area contributed by atoms with Crippen molar-refractivity contribution in [1.29, 1.82) is 0 Å². The second-order valence-electron chi connectivity index (χ2n) is 4.44. The van der Waals surface area contributed by atoms with Crippen LogP contribution in [0.15, 0.2) is 0 Å². The zero-order chi connectivity index (χ0) is 10.7. The lowest BCUT2D eigenvalue weighted by atomic mass is 9.92. The lowest BCUT2D eigenvalue weighted by Crippen LogP contribution is -2.53. The van der Waals surface area contributed by atoms with Crippen molar-refractivity contribution in [3.8, 4) is 0 Å². The van der Waals surface area contributed by atoms with Crippen molar-refractivity contribution in [3.63, 3.8) is 0 Å². The van der Waals surface area contributed by atoms with Gasteiger partial charge in [0.25, 0.3) is 0 Å². The first kappa shape index (κ1) is 11.0. The first-order chi connectivity index (χ1) is 7.31. The number of ether oxygens (including phenoxy) is 1. The van der Waals surface area contributed by atoms with Crippen molar-refractivity contribution < 1.29 is 14.6 Å². The van der Waals surface area contributed by atoms with E-state index in [0.717, 1.165) is 32.4 Å². The molecule has 0 aromatic carbocycles. The molecule has 1 saturated carbocycles. The van der Waals surface area contributed by atoms with Gasteiger partial charge < -0.3 is 9.84 Å². The zero-order valence-corrected chi connectivity index (χ0v) is 9.02. The molecule has 0 aromatic rings. The first-order valence-corrected chi connectivity index (χ1v) is 5.77. The molecule has 15 heavy (non-hydrogen) atoms. The predicted octanol–water partition coefficient (Wildman–Crippen LogP) is 0.191. The Labute approximate surface area is 90.2 Å². The van der Waals surface area contributed by atoms with Gasteiger partial charge in [0, 0.05) is 25.4 Å². The molecule has 0 radical (unpaired) electrons. The molecular weight excluding hydrogens is 194 g/mol. The van der Waals surface area contributed by atoms with Gasteiger partial charge in [-0.1, -0.05) is 0 Å². The van der Waals surface area contributed by atoms with Crippen molar-refractivity contribution in [1.82, 2.24) is 4.90 Å². The van der Waals surface area contributed by atoms with Crippen LogP contribution < -0.4 is 0 Å². The minimum Gasteiger partial charge on any atom is -0.395 e. The Morgan fingerprint density at radius 3 is 3.13 bits per heavy atom. The van der Waals surface area contributed by atoms with E-state index in [1.54, 1.807) is 0 Å². The lowest BCUT2D eigenvalue weighted by molar-refractivity contribution is -0.124. The number of aliphatic hydroxyl groups is 1. The summed E-state index contributed by atoms with van der Waals surface area (Å²) < 4.78 is 5.33. The number of Topliss-reactive ketones (excluding diaryl/α,β-unsaturated/α-hetero) is 1. The largest absolute Gasteiger partial charge is 0.395 e. The highest BCUT2D eigenvalue weighted by Gasteiger charge is 2.31.